The largest absolute Gasteiger partial charge is 0.368 e. The van der Waals surface area contributed by atoms with Gasteiger partial charge in [-0.05, 0) is 45.9 Å². The first-order valence-electron chi connectivity index (χ1n) is 7.53. The minimum atomic E-state index is -0.235. The third-order valence-electron chi connectivity index (χ3n) is 3.90. The van der Waals surface area contributed by atoms with Crippen LogP contribution in [0.2, 0.25) is 0 Å². The quantitative estimate of drug-likeness (QED) is 0.696. The topological polar surface area (TPSA) is 61.6 Å². The molecule has 0 aromatic rings. The van der Waals surface area contributed by atoms with Gasteiger partial charge in [-0.3, -0.25) is 9.69 Å². The Labute approximate surface area is 117 Å². The van der Waals surface area contributed by atoms with Gasteiger partial charge >= 0.3 is 0 Å². The van der Waals surface area contributed by atoms with Crippen LogP contribution in [-0.2, 0) is 4.79 Å². The van der Waals surface area contributed by atoms with Crippen molar-refractivity contribution in [2.75, 3.05) is 39.8 Å². The van der Waals surface area contributed by atoms with Crippen LogP contribution < -0.4 is 11.1 Å². The van der Waals surface area contributed by atoms with E-state index in [-0.39, 0.29) is 11.9 Å². The van der Waals surface area contributed by atoms with Crippen molar-refractivity contribution < 1.29 is 4.79 Å². The van der Waals surface area contributed by atoms with Crippen molar-refractivity contribution in [1.29, 1.82) is 0 Å². The number of hydrogen-bond acceptors (Lipinski definition) is 4. The normalized spacial score (nSPS) is 24.1. The smallest absolute Gasteiger partial charge is 0.235 e. The van der Waals surface area contributed by atoms with Gasteiger partial charge in [0.05, 0.1) is 6.04 Å². The van der Waals surface area contributed by atoms with Crippen molar-refractivity contribution in [3.63, 3.8) is 0 Å². The van der Waals surface area contributed by atoms with Crippen LogP contribution in [0.15, 0.2) is 0 Å². The molecule has 1 heterocycles. The lowest BCUT2D eigenvalue weighted by molar-refractivity contribution is -0.120. The fraction of sp³-hybridized carbons (Fsp3) is 0.929. The van der Waals surface area contributed by atoms with Gasteiger partial charge in [-0.2, -0.15) is 0 Å². The van der Waals surface area contributed by atoms with Gasteiger partial charge in [0, 0.05) is 19.1 Å². The van der Waals surface area contributed by atoms with Gasteiger partial charge in [-0.1, -0.05) is 13.8 Å². The van der Waals surface area contributed by atoms with E-state index in [2.05, 4.69) is 36.0 Å². The van der Waals surface area contributed by atoms with Crippen LogP contribution in [0, 0.1) is 0 Å². The molecule has 0 bridgehead atoms. The molecule has 0 aromatic carbocycles. The lowest BCUT2D eigenvalue weighted by Gasteiger charge is -2.32. The summed E-state index contributed by atoms with van der Waals surface area (Å²) >= 11 is 0. The molecule has 3 N–H and O–H groups in total. The average Bonchev–Trinajstić information content (AvgIpc) is 2.55. The van der Waals surface area contributed by atoms with Gasteiger partial charge in [0.2, 0.25) is 5.91 Å². The van der Waals surface area contributed by atoms with Crippen LogP contribution in [0.5, 0.6) is 0 Å². The highest BCUT2D eigenvalue weighted by molar-refractivity contribution is 5.80. The van der Waals surface area contributed by atoms with Crippen LogP contribution >= 0.6 is 0 Å². The van der Waals surface area contributed by atoms with Crippen molar-refractivity contribution in [2.24, 2.45) is 5.73 Å². The van der Waals surface area contributed by atoms with E-state index < -0.39 is 0 Å². The monoisotopic (exact) mass is 270 g/mol. The highest BCUT2D eigenvalue weighted by atomic mass is 16.1. The third-order valence-corrected chi connectivity index (χ3v) is 3.90. The Hall–Kier alpha value is -0.650. The number of nitrogens with one attached hydrogen (secondary N) is 1. The van der Waals surface area contributed by atoms with Gasteiger partial charge in [-0.15, -0.1) is 0 Å². The molecule has 1 amide bonds. The minimum absolute atomic E-state index is 0.225. The number of nitrogens with zero attached hydrogens (tertiary/aromatic N) is 2. The maximum absolute atomic E-state index is 11.5. The molecule has 5 nitrogen and oxygen atoms in total. The maximum atomic E-state index is 11.5. The number of primary amides is 1. The summed E-state index contributed by atoms with van der Waals surface area (Å²) in [6.07, 6.45) is 3.29. The van der Waals surface area contributed by atoms with Gasteiger partial charge in [-0.25, -0.2) is 0 Å². The SMILES string of the molecule is CCCNC(CN1CCCN(C)CC1CC)C(N)=O. The van der Waals surface area contributed by atoms with E-state index >= 15 is 0 Å². The zero-order valence-corrected chi connectivity index (χ0v) is 12.7. The summed E-state index contributed by atoms with van der Waals surface area (Å²) in [6.45, 7) is 9.17. The summed E-state index contributed by atoms with van der Waals surface area (Å²) in [4.78, 5) is 16.4. The molecule has 1 aliphatic heterocycles. The van der Waals surface area contributed by atoms with E-state index in [1.807, 2.05) is 0 Å². The van der Waals surface area contributed by atoms with Crippen molar-refractivity contribution in [1.82, 2.24) is 15.1 Å². The van der Waals surface area contributed by atoms with E-state index in [0.717, 1.165) is 52.0 Å². The molecule has 1 aliphatic rings. The average molecular weight is 270 g/mol. The molecule has 0 aliphatic carbocycles. The second-order valence-electron chi connectivity index (χ2n) is 5.58. The summed E-state index contributed by atoms with van der Waals surface area (Å²) in [6, 6.07) is 0.301. The van der Waals surface area contributed by atoms with Crippen molar-refractivity contribution >= 4 is 5.91 Å². The first-order chi connectivity index (χ1) is 9.08. The summed E-state index contributed by atoms with van der Waals surface area (Å²) in [5.41, 5.74) is 5.51. The zero-order valence-electron chi connectivity index (χ0n) is 12.7. The Balaban J connectivity index is 2.61. The number of carbonyl (C=O) groups excluding carboxylic acids is 1. The Morgan fingerprint density at radius 2 is 2.16 bits per heavy atom. The highest BCUT2D eigenvalue weighted by Gasteiger charge is 2.26. The fourth-order valence-electron chi connectivity index (χ4n) is 2.73. The molecule has 0 saturated carbocycles. The molecule has 2 unspecified atom stereocenters. The lowest BCUT2D eigenvalue weighted by atomic mass is 10.1. The molecule has 1 fully saturated rings. The first kappa shape index (κ1) is 16.4. The molecule has 1 rings (SSSR count). The number of rotatable bonds is 7. The Kier molecular flexibility index (Phi) is 7.34. The molecule has 2 atom stereocenters. The Morgan fingerprint density at radius 3 is 2.74 bits per heavy atom. The molecule has 0 radical (unpaired) electrons. The molecule has 0 spiro atoms. The summed E-state index contributed by atoms with van der Waals surface area (Å²) in [5, 5.41) is 3.26. The predicted octanol–water partition coefficient (Wildman–Crippen LogP) is 0.256. The fourth-order valence-corrected chi connectivity index (χ4v) is 2.73. The van der Waals surface area contributed by atoms with Crippen LogP contribution in [0.3, 0.4) is 0 Å². The molecule has 1 saturated heterocycles. The van der Waals surface area contributed by atoms with E-state index in [9.17, 15) is 4.79 Å². The Bertz CT molecular complexity index is 272. The number of likely N-dealkylation sites (N-methyl/N-ethyl adjacent to an activating group) is 1. The number of carbonyl (C=O) groups is 1. The van der Waals surface area contributed by atoms with Gasteiger partial charge in [0.15, 0.2) is 0 Å². The van der Waals surface area contributed by atoms with Crippen LogP contribution in [0.4, 0.5) is 0 Å². The van der Waals surface area contributed by atoms with Crippen molar-refractivity contribution in [3.05, 3.63) is 0 Å². The van der Waals surface area contributed by atoms with Crippen LogP contribution in [0.1, 0.15) is 33.1 Å². The minimum Gasteiger partial charge on any atom is -0.368 e. The summed E-state index contributed by atoms with van der Waals surface area (Å²) < 4.78 is 0. The van der Waals surface area contributed by atoms with E-state index in [1.165, 1.54) is 0 Å². The Morgan fingerprint density at radius 1 is 1.42 bits per heavy atom. The zero-order chi connectivity index (χ0) is 14.3. The molecular weight excluding hydrogens is 240 g/mol. The number of amides is 1. The van der Waals surface area contributed by atoms with E-state index in [0.29, 0.717) is 6.04 Å². The van der Waals surface area contributed by atoms with Crippen molar-refractivity contribution in [3.8, 4) is 0 Å². The number of nitrogens with two attached hydrogens (primary N) is 1. The first-order valence-corrected chi connectivity index (χ1v) is 7.53. The second kappa shape index (κ2) is 8.51. The molecular formula is C14H30N4O. The molecule has 112 valence electrons. The standard InChI is InChI=1S/C14H30N4O/c1-4-7-16-13(14(15)19)11-18-9-6-8-17(3)10-12(18)5-2/h12-13,16H,4-11H2,1-3H3,(H2,15,19). The summed E-state index contributed by atoms with van der Waals surface area (Å²) in [7, 11) is 2.17. The van der Waals surface area contributed by atoms with Gasteiger partial charge < -0.3 is 16.0 Å². The van der Waals surface area contributed by atoms with Gasteiger partial charge in [0.1, 0.15) is 0 Å². The van der Waals surface area contributed by atoms with Gasteiger partial charge in [0.25, 0.3) is 0 Å². The predicted molar refractivity (Wildman–Crippen MR) is 79.0 cm³/mol. The van der Waals surface area contributed by atoms with Crippen LogP contribution in [0.25, 0.3) is 0 Å². The number of hydrogen-bond donors (Lipinski definition) is 2. The van der Waals surface area contributed by atoms with E-state index in [1.54, 1.807) is 0 Å². The van der Waals surface area contributed by atoms with Crippen LogP contribution in [-0.4, -0.2) is 67.6 Å². The molecule has 0 aromatic heterocycles. The molecule has 5 heteroatoms. The maximum Gasteiger partial charge on any atom is 0.235 e. The molecule has 19 heavy (non-hydrogen) atoms. The lowest BCUT2D eigenvalue weighted by Crippen LogP contribution is -2.52. The summed E-state index contributed by atoms with van der Waals surface area (Å²) in [5.74, 6) is -0.235. The van der Waals surface area contributed by atoms with Crippen molar-refractivity contribution in [2.45, 2.75) is 45.2 Å². The van der Waals surface area contributed by atoms with E-state index in [4.69, 9.17) is 5.73 Å². The highest BCUT2D eigenvalue weighted by Crippen LogP contribution is 2.12. The third kappa shape index (κ3) is 5.47. The second-order valence-corrected chi connectivity index (χ2v) is 5.58.